The average Bonchev–Trinajstić information content (AvgIpc) is 2.32. The summed E-state index contributed by atoms with van der Waals surface area (Å²) in [6.45, 7) is 14.0. The largest absolute Gasteiger partial charge is 0.389 e. The second kappa shape index (κ2) is 5.57. The maximum atomic E-state index is 12.7. The first-order valence-corrected chi connectivity index (χ1v) is 7.02. The van der Waals surface area contributed by atoms with Crippen LogP contribution in [0.2, 0.25) is 0 Å². The summed E-state index contributed by atoms with van der Waals surface area (Å²) in [6.07, 6.45) is 0. The van der Waals surface area contributed by atoms with Crippen LogP contribution in [0.3, 0.4) is 0 Å². The Hall–Kier alpha value is -1.35. The van der Waals surface area contributed by atoms with Crippen LogP contribution in [0.15, 0.2) is 0 Å². The van der Waals surface area contributed by atoms with Crippen molar-refractivity contribution in [2.75, 3.05) is 13.6 Å². The molecular formula is C17H27NO2. The van der Waals surface area contributed by atoms with Crippen molar-refractivity contribution in [3.63, 3.8) is 0 Å². The molecule has 0 saturated heterocycles. The van der Waals surface area contributed by atoms with Crippen LogP contribution in [0.5, 0.6) is 0 Å². The molecule has 0 atom stereocenters. The van der Waals surface area contributed by atoms with Crippen LogP contribution < -0.4 is 0 Å². The van der Waals surface area contributed by atoms with E-state index in [9.17, 15) is 9.90 Å². The zero-order valence-electron chi connectivity index (χ0n) is 14.0. The van der Waals surface area contributed by atoms with Gasteiger partial charge in [-0.3, -0.25) is 4.79 Å². The van der Waals surface area contributed by atoms with Gasteiger partial charge in [-0.1, -0.05) is 0 Å². The fraction of sp³-hybridized carbons (Fsp3) is 0.588. The van der Waals surface area contributed by atoms with E-state index in [-0.39, 0.29) is 5.91 Å². The molecule has 0 unspecified atom stereocenters. The quantitative estimate of drug-likeness (QED) is 0.922. The first-order chi connectivity index (χ1) is 8.97. The Morgan fingerprint density at radius 3 is 1.65 bits per heavy atom. The van der Waals surface area contributed by atoms with Gasteiger partial charge < -0.3 is 10.0 Å². The summed E-state index contributed by atoms with van der Waals surface area (Å²) in [5, 5.41) is 9.88. The van der Waals surface area contributed by atoms with Gasteiger partial charge >= 0.3 is 0 Å². The predicted molar refractivity (Wildman–Crippen MR) is 83.4 cm³/mol. The Morgan fingerprint density at radius 2 is 1.30 bits per heavy atom. The number of rotatable bonds is 3. The lowest BCUT2D eigenvalue weighted by atomic mass is 9.89. The van der Waals surface area contributed by atoms with Gasteiger partial charge in [0, 0.05) is 19.2 Å². The van der Waals surface area contributed by atoms with Gasteiger partial charge in [0.1, 0.15) is 0 Å². The molecule has 0 aliphatic heterocycles. The molecule has 0 spiro atoms. The SMILES string of the molecule is Cc1c(C)c(C)c(C(=O)N(C)CC(C)(C)O)c(C)c1C. The highest BCUT2D eigenvalue weighted by Gasteiger charge is 2.24. The van der Waals surface area contributed by atoms with Gasteiger partial charge in [-0.15, -0.1) is 0 Å². The van der Waals surface area contributed by atoms with Crippen LogP contribution in [-0.4, -0.2) is 35.1 Å². The van der Waals surface area contributed by atoms with Gasteiger partial charge in [0.15, 0.2) is 0 Å². The summed E-state index contributed by atoms with van der Waals surface area (Å²) in [7, 11) is 1.74. The summed E-state index contributed by atoms with van der Waals surface area (Å²) < 4.78 is 0. The van der Waals surface area contributed by atoms with Crippen molar-refractivity contribution in [1.82, 2.24) is 4.90 Å². The summed E-state index contributed by atoms with van der Waals surface area (Å²) in [5.41, 5.74) is 5.57. The van der Waals surface area contributed by atoms with Gasteiger partial charge in [-0.2, -0.15) is 0 Å². The van der Waals surface area contributed by atoms with Crippen molar-refractivity contribution in [2.24, 2.45) is 0 Å². The number of aliphatic hydroxyl groups is 1. The van der Waals surface area contributed by atoms with E-state index in [0.29, 0.717) is 6.54 Å². The minimum absolute atomic E-state index is 0.0201. The lowest BCUT2D eigenvalue weighted by Crippen LogP contribution is -2.40. The third kappa shape index (κ3) is 3.21. The first kappa shape index (κ1) is 16.7. The van der Waals surface area contributed by atoms with Crippen molar-refractivity contribution in [3.05, 3.63) is 33.4 Å². The Kier molecular flexibility index (Phi) is 4.65. The minimum Gasteiger partial charge on any atom is -0.389 e. The molecule has 0 fully saturated rings. The molecule has 0 aromatic heterocycles. The summed E-state index contributed by atoms with van der Waals surface area (Å²) in [6, 6.07) is 0. The van der Waals surface area contributed by atoms with Crippen LogP contribution in [0.4, 0.5) is 0 Å². The highest BCUT2D eigenvalue weighted by Crippen LogP contribution is 2.27. The van der Waals surface area contributed by atoms with E-state index in [1.165, 1.54) is 16.7 Å². The van der Waals surface area contributed by atoms with E-state index in [4.69, 9.17) is 0 Å². The standard InChI is InChI=1S/C17H27NO2/c1-10-11(2)13(4)15(14(5)12(10)3)16(19)18(8)9-17(6,7)20/h20H,9H2,1-8H3. The van der Waals surface area contributed by atoms with E-state index in [0.717, 1.165) is 16.7 Å². The lowest BCUT2D eigenvalue weighted by molar-refractivity contribution is 0.0367. The van der Waals surface area contributed by atoms with E-state index in [2.05, 4.69) is 20.8 Å². The molecule has 0 heterocycles. The Balaban J connectivity index is 3.31. The number of amides is 1. The molecular weight excluding hydrogens is 250 g/mol. The summed E-state index contributed by atoms with van der Waals surface area (Å²) in [5.74, 6) is -0.0201. The van der Waals surface area contributed by atoms with Crippen LogP contribution >= 0.6 is 0 Å². The van der Waals surface area contributed by atoms with Crippen LogP contribution in [0.25, 0.3) is 0 Å². The summed E-state index contributed by atoms with van der Waals surface area (Å²) >= 11 is 0. The predicted octanol–water partition coefficient (Wildman–Crippen LogP) is 3.07. The molecule has 112 valence electrons. The average molecular weight is 277 g/mol. The number of hydrogen-bond donors (Lipinski definition) is 1. The third-order valence-corrected chi connectivity index (χ3v) is 4.18. The van der Waals surface area contributed by atoms with Crippen molar-refractivity contribution in [2.45, 2.75) is 54.1 Å². The molecule has 20 heavy (non-hydrogen) atoms. The Labute approximate surface area is 122 Å². The molecule has 0 aliphatic rings. The van der Waals surface area contributed by atoms with Crippen LogP contribution in [-0.2, 0) is 0 Å². The third-order valence-electron chi connectivity index (χ3n) is 4.18. The second-order valence-corrected chi connectivity index (χ2v) is 6.47. The molecule has 0 aliphatic carbocycles. The van der Waals surface area contributed by atoms with Gasteiger partial charge in [-0.25, -0.2) is 0 Å². The van der Waals surface area contributed by atoms with E-state index >= 15 is 0 Å². The zero-order valence-corrected chi connectivity index (χ0v) is 14.0. The van der Waals surface area contributed by atoms with E-state index in [1.54, 1.807) is 25.8 Å². The van der Waals surface area contributed by atoms with E-state index < -0.39 is 5.60 Å². The van der Waals surface area contributed by atoms with Gasteiger partial charge in [0.2, 0.25) is 0 Å². The second-order valence-electron chi connectivity index (χ2n) is 6.47. The topological polar surface area (TPSA) is 40.5 Å². The number of carbonyl (C=O) groups excluding carboxylic acids is 1. The van der Waals surface area contributed by atoms with Crippen molar-refractivity contribution in [1.29, 1.82) is 0 Å². The number of carbonyl (C=O) groups is 1. The summed E-state index contributed by atoms with van der Waals surface area (Å²) in [4.78, 5) is 14.3. The first-order valence-electron chi connectivity index (χ1n) is 7.02. The maximum Gasteiger partial charge on any atom is 0.254 e. The molecule has 1 N–H and O–H groups in total. The minimum atomic E-state index is -0.888. The molecule has 3 nitrogen and oxygen atoms in total. The maximum absolute atomic E-state index is 12.7. The highest BCUT2D eigenvalue weighted by molar-refractivity contribution is 5.98. The van der Waals surface area contributed by atoms with Gasteiger partial charge in [0.05, 0.1) is 5.60 Å². The fourth-order valence-corrected chi connectivity index (χ4v) is 2.66. The smallest absolute Gasteiger partial charge is 0.254 e. The van der Waals surface area contributed by atoms with Gasteiger partial charge in [0.25, 0.3) is 5.91 Å². The molecule has 1 aromatic rings. The molecule has 0 radical (unpaired) electrons. The van der Waals surface area contributed by atoms with Crippen molar-refractivity contribution in [3.8, 4) is 0 Å². The number of likely N-dealkylation sites (N-methyl/N-ethyl adjacent to an activating group) is 1. The van der Waals surface area contributed by atoms with Crippen molar-refractivity contribution >= 4 is 5.91 Å². The Morgan fingerprint density at radius 1 is 0.950 bits per heavy atom. The molecule has 1 amide bonds. The molecule has 1 aromatic carbocycles. The Bertz CT molecular complexity index is 510. The highest BCUT2D eigenvalue weighted by atomic mass is 16.3. The molecule has 0 bridgehead atoms. The van der Waals surface area contributed by atoms with E-state index in [1.807, 2.05) is 13.8 Å². The van der Waals surface area contributed by atoms with Crippen LogP contribution in [0.1, 0.15) is 52.0 Å². The molecule has 3 heteroatoms. The number of hydrogen-bond acceptors (Lipinski definition) is 2. The lowest BCUT2D eigenvalue weighted by Gasteiger charge is -2.28. The van der Waals surface area contributed by atoms with Crippen LogP contribution in [0, 0.1) is 34.6 Å². The van der Waals surface area contributed by atoms with Crippen molar-refractivity contribution < 1.29 is 9.90 Å². The zero-order chi connectivity index (χ0) is 15.8. The van der Waals surface area contributed by atoms with Gasteiger partial charge in [-0.05, 0) is 76.3 Å². The molecule has 1 rings (SSSR count). The normalized spacial score (nSPS) is 11.7. The molecule has 0 saturated carbocycles. The fourth-order valence-electron chi connectivity index (χ4n) is 2.66. The number of nitrogens with zero attached hydrogens (tertiary/aromatic N) is 1. The monoisotopic (exact) mass is 277 g/mol. The number of benzene rings is 1.